The number of aliphatic hydroxyl groups is 2. The molecular weight excluding hydrogens is 448 g/mol. The van der Waals surface area contributed by atoms with Crippen LogP contribution in [0.4, 0.5) is 4.79 Å². The van der Waals surface area contributed by atoms with E-state index >= 15 is 0 Å². The second-order valence-electron chi connectivity index (χ2n) is 9.46. The first-order valence-corrected chi connectivity index (χ1v) is 12.4. The number of benzene rings is 2. The summed E-state index contributed by atoms with van der Waals surface area (Å²) in [4.78, 5) is 17.9. The lowest BCUT2D eigenvalue weighted by Crippen LogP contribution is -2.47. The number of thiazole rings is 1. The lowest BCUT2D eigenvalue weighted by Gasteiger charge is -2.29. The third-order valence-electron chi connectivity index (χ3n) is 5.39. The number of amides is 1. The van der Waals surface area contributed by atoms with Gasteiger partial charge in [0.2, 0.25) is 0 Å². The highest BCUT2D eigenvalue weighted by Crippen LogP contribution is 2.30. The van der Waals surface area contributed by atoms with Gasteiger partial charge in [-0.2, -0.15) is 0 Å². The van der Waals surface area contributed by atoms with Crippen LogP contribution in [-0.2, 0) is 24.2 Å². The molecule has 3 N–H and O–H groups in total. The average molecular weight is 483 g/mol. The lowest BCUT2D eigenvalue weighted by molar-refractivity contribution is 0.0405. The molecule has 182 valence electrons. The minimum Gasteiger partial charge on any atom is -0.444 e. The van der Waals surface area contributed by atoms with Gasteiger partial charge in [-0.15, -0.1) is 11.3 Å². The van der Waals surface area contributed by atoms with E-state index in [1.807, 2.05) is 69.3 Å². The average Bonchev–Trinajstić information content (AvgIpc) is 3.28. The van der Waals surface area contributed by atoms with Crippen LogP contribution in [0.2, 0.25) is 0 Å². The van der Waals surface area contributed by atoms with Crippen molar-refractivity contribution in [2.24, 2.45) is 0 Å². The molecule has 7 heteroatoms. The number of nitrogens with one attached hydrogen (secondary N) is 1. The third-order valence-corrected chi connectivity index (χ3v) is 6.54. The van der Waals surface area contributed by atoms with Gasteiger partial charge in [-0.05, 0) is 51.2 Å². The Bertz CT molecular complexity index is 1020. The predicted molar refractivity (Wildman–Crippen MR) is 135 cm³/mol. The molecule has 0 bridgehead atoms. The van der Waals surface area contributed by atoms with Gasteiger partial charge in [-0.3, -0.25) is 0 Å². The van der Waals surface area contributed by atoms with E-state index in [0.29, 0.717) is 19.3 Å². The fourth-order valence-corrected chi connectivity index (χ4v) is 4.71. The molecule has 0 saturated heterocycles. The summed E-state index contributed by atoms with van der Waals surface area (Å²) in [5.74, 6) is -0.0681. The van der Waals surface area contributed by atoms with Crippen molar-refractivity contribution >= 4 is 17.4 Å². The zero-order chi connectivity index (χ0) is 24.6. The molecule has 0 fully saturated rings. The maximum Gasteiger partial charge on any atom is 0.407 e. The minimum absolute atomic E-state index is 0.0604. The van der Waals surface area contributed by atoms with Crippen molar-refractivity contribution in [3.05, 3.63) is 87.9 Å². The molecule has 6 nitrogen and oxygen atoms in total. The Hall–Kier alpha value is -2.74. The van der Waals surface area contributed by atoms with Gasteiger partial charge < -0.3 is 20.3 Å². The number of nitrogens with zero attached hydrogens (tertiary/aromatic N) is 1. The quantitative estimate of drug-likeness (QED) is 0.384. The highest BCUT2D eigenvalue weighted by Gasteiger charge is 2.29. The van der Waals surface area contributed by atoms with Crippen molar-refractivity contribution in [2.75, 3.05) is 0 Å². The smallest absolute Gasteiger partial charge is 0.407 e. The number of carbonyl (C=O) groups is 1. The summed E-state index contributed by atoms with van der Waals surface area (Å²) >= 11 is 1.46. The minimum atomic E-state index is -0.831. The van der Waals surface area contributed by atoms with Crippen molar-refractivity contribution in [1.29, 1.82) is 0 Å². The SMILES string of the molecule is CC(C)(C)OC(=O)N[C@@H](Cc1ccccc1)[C@@H](O)C[C@@H](Cc1ccccc1)c1ncc(CO)s1. The zero-order valence-corrected chi connectivity index (χ0v) is 20.8. The van der Waals surface area contributed by atoms with Crippen LogP contribution in [0, 0.1) is 0 Å². The molecule has 0 saturated carbocycles. The van der Waals surface area contributed by atoms with E-state index in [0.717, 1.165) is 21.0 Å². The molecule has 0 spiro atoms. The normalized spacial score (nSPS) is 14.3. The Balaban J connectivity index is 1.81. The highest BCUT2D eigenvalue weighted by molar-refractivity contribution is 7.11. The van der Waals surface area contributed by atoms with Gasteiger partial charge in [-0.25, -0.2) is 9.78 Å². The molecule has 2 aromatic carbocycles. The number of hydrogen-bond acceptors (Lipinski definition) is 6. The molecule has 0 aliphatic carbocycles. The second-order valence-corrected chi connectivity index (χ2v) is 10.6. The molecule has 3 atom stereocenters. The monoisotopic (exact) mass is 482 g/mol. The number of ether oxygens (including phenoxy) is 1. The van der Waals surface area contributed by atoms with Gasteiger partial charge in [0.25, 0.3) is 0 Å². The van der Waals surface area contributed by atoms with E-state index in [4.69, 9.17) is 4.74 Å². The number of alkyl carbamates (subject to hydrolysis) is 1. The second kappa shape index (κ2) is 12.1. The first-order chi connectivity index (χ1) is 16.2. The molecule has 3 rings (SSSR count). The van der Waals surface area contributed by atoms with E-state index in [-0.39, 0.29) is 12.5 Å². The summed E-state index contributed by atoms with van der Waals surface area (Å²) < 4.78 is 5.46. The van der Waals surface area contributed by atoms with E-state index in [1.165, 1.54) is 11.3 Å². The van der Waals surface area contributed by atoms with Crippen LogP contribution in [0.5, 0.6) is 0 Å². The van der Waals surface area contributed by atoms with Crippen molar-refractivity contribution < 1.29 is 19.7 Å². The van der Waals surface area contributed by atoms with Gasteiger partial charge in [0, 0.05) is 12.1 Å². The van der Waals surface area contributed by atoms with Gasteiger partial charge in [0.1, 0.15) is 5.60 Å². The van der Waals surface area contributed by atoms with Crippen LogP contribution in [0.15, 0.2) is 66.9 Å². The van der Waals surface area contributed by atoms with E-state index < -0.39 is 23.8 Å². The van der Waals surface area contributed by atoms with Crippen LogP contribution in [0.3, 0.4) is 0 Å². The van der Waals surface area contributed by atoms with Gasteiger partial charge in [0.05, 0.1) is 28.6 Å². The molecule has 1 aromatic heterocycles. The van der Waals surface area contributed by atoms with Crippen LogP contribution >= 0.6 is 11.3 Å². The Morgan fingerprint density at radius 2 is 1.62 bits per heavy atom. The Morgan fingerprint density at radius 3 is 2.15 bits per heavy atom. The molecule has 1 amide bonds. The first-order valence-electron chi connectivity index (χ1n) is 11.5. The standard InChI is InChI=1S/C27H34N2O4S/c1-27(2,3)33-26(32)29-23(15-20-12-8-5-9-13-20)24(31)16-21(14-19-10-6-4-7-11-19)25-28-17-22(18-30)34-25/h4-13,17,21,23-24,30-31H,14-16,18H2,1-3H3,(H,29,32)/t21-,23+,24+/m1/s1. The van der Waals surface area contributed by atoms with Crippen LogP contribution in [0.25, 0.3) is 0 Å². The lowest BCUT2D eigenvalue weighted by atomic mass is 9.89. The van der Waals surface area contributed by atoms with Gasteiger partial charge >= 0.3 is 6.09 Å². The fourth-order valence-electron chi connectivity index (χ4n) is 3.82. The summed E-state index contributed by atoms with van der Waals surface area (Å²) in [7, 11) is 0. The topological polar surface area (TPSA) is 91.7 Å². The third kappa shape index (κ3) is 8.24. The maximum absolute atomic E-state index is 12.6. The highest BCUT2D eigenvalue weighted by atomic mass is 32.1. The predicted octanol–water partition coefficient (Wildman–Crippen LogP) is 4.85. The van der Waals surface area contributed by atoms with Crippen LogP contribution in [-0.4, -0.2) is 39.0 Å². The fraction of sp³-hybridized carbons (Fsp3) is 0.407. The molecule has 1 heterocycles. The molecule has 0 radical (unpaired) electrons. The van der Waals surface area contributed by atoms with E-state index in [9.17, 15) is 15.0 Å². The largest absolute Gasteiger partial charge is 0.444 e. The Kier molecular flexibility index (Phi) is 9.21. The van der Waals surface area contributed by atoms with Crippen molar-refractivity contribution in [3.63, 3.8) is 0 Å². The molecule has 34 heavy (non-hydrogen) atoms. The number of aliphatic hydroxyl groups excluding tert-OH is 2. The van der Waals surface area contributed by atoms with Crippen molar-refractivity contribution in [1.82, 2.24) is 10.3 Å². The van der Waals surface area contributed by atoms with Crippen LogP contribution < -0.4 is 5.32 Å². The van der Waals surface area contributed by atoms with Crippen molar-refractivity contribution in [2.45, 2.75) is 70.3 Å². The number of hydrogen-bond donors (Lipinski definition) is 3. The van der Waals surface area contributed by atoms with E-state index in [1.54, 1.807) is 6.20 Å². The zero-order valence-electron chi connectivity index (χ0n) is 20.0. The van der Waals surface area contributed by atoms with Gasteiger partial charge in [0.15, 0.2) is 0 Å². The summed E-state index contributed by atoms with van der Waals surface area (Å²) in [6, 6.07) is 19.3. The van der Waals surface area contributed by atoms with Gasteiger partial charge in [-0.1, -0.05) is 60.7 Å². The number of aromatic nitrogens is 1. The van der Waals surface area contributed by atoms with Crippen molar-refractivity contribution in [3.8, 4) is 0 Å². The number of rotatable bonds is 10. The Morgan fingerprint density at radius 1 is 1.03 bits per heavy atom. The summed E-state index contributed by atoms with van der Waals surface area (Å²) in [5.41, 5.74) is 1.52. The molecule has 0 unspecified atom stereocenters. The van der Waals surface area contributed by atoms with E-state index in [2.05, 4.69) is 22.4 Å². The molecular formula is C27H34N2O4S. The summed E-state index contributed by atoms with van der Waals surface area (Å²) in [6.07, 6.45) is 1.87. The first kappa shape index (κ1) is 25.9. The number of carbonyl (C=O) groups excluding carboxylic acids is 1. The summed E-state index contributed by atoms with van der Waals surface area (Å²) in [6.45, 7) is 5.38. The maximum atomic E-state index is 12.6. The van der Waals surface area contributed by atoms with Crippen LogP contribution in [0.1, 0.15) is 54.1 Å². The Labute approximate surface area is 205 Å². The summed E-state index contributed by atoms with van der Waals surface area (Å²) in [5, 5.41) is 24.6. The molecule has 0 aliphatic heterocycles. The molecule has 3 aromatic rings. The molecule has 0 aliphatic rings.